The monoisotopic (exact) mass is 274 g/mol. The van der Waals surface area contributed by atoms with Gasteiger partial charge in [-0.3, -0.25) is 10.1 Å². The van der Waals surface area contributed by atoms with Gasteiger partial charge in [0.15, 0.2) is 0 Å². The van der Waals surface area contributed by atoms with Gasteiger partial charge in [-0.15, -0.1) is 0 Å². The Hall–Kier alpha value is -2.96. The number of nitro groups is 1. The lowest BCUT2D eigenvalue weighted by molar-refractivity contribution is -0.385. The van der Waals surface area contributed by atoms with Crippen LogP contribution in [0, 0.1) is 17.0 Å². The Morgan fingerprint density at radius 3 is 2.75 bits per heavy atom. The molecular weight excluding hydrogens is 264 g/mol. The lowest BCUT2D eigenvalue weighted by atomic mass is 10.2. The van der Waals surface area contributed by atoms with Crippen LogP contribution in [-0.4, -0.2) is 21.0 Å². The standard InChI is InChI=1S/C13H10N2O5/c1-8-3-2-4-10(5-8)20-12-11(13(16)17)6-9(7-14-12)15(18)19/h2-7H,1H3,(H,16,17). The normalized spacial score (nSPS) is 10.1. The molecule has 0 saturated heterocycles. The lowest BCUT2D eigenvalue weighted by Crippen LogP contribution is -2.03. The number of rotatable bonds is 4. The van der Waals surface area contributed by atoms with Gasteiger partial charge < -0.3 is 9.84 Å². The smallest absolute Gasteiger partial charge is 0.341 e. The van der Waals surface area contributed by atoms with Crippen LogP contribution in [0.5, 0.6) is 11.6 Å². The van der Waals surface area contributed by atoms with Crippen molar-refractivity contribution in [2.24, 2.45) is 0 Å². The van der Waals surface area contributed by atoms with Gasteiger partial charge in [-0.2, -0.15) is 0 Å². The third-order valence-corrected chi connectivity index (χ3v) is 2.48. The van der Waals surface area contributed by atoms with Crippen molar-refractivity contribution >= 4 is 11.7 Å². The largest absolute Gasteiger partial charge is 0.477 e. The van der Waals surface area contributed by atoms with Gasteiger partial charge in [0.25, 0.3) is 5.69 Å². The van der Waals surface area contributed by atoms with Crippen LogP contribution >= 0.6 is 0 Å². The van der Waals surface area contributed by atoms with Crippen molar-refractivity contribution in [2.45, 2.75) is 6.92 Å². The number of pyridine rings is 1. The molecule has 1 aromatic heterocycles. The molecule has 2 aromatic rings. The highest BCUT2D eigenvalue weighted by Gasteiger charge is 2.19. The summed E-state index contributed by atoms with van der Waals surface area (Å²) >= 11 is 0. The van der Waals surface area contributed by atoms with Gasteiger partial charge in [-0.1, -0.05) is 12.1 Å². The first-order chi connectivity index (χ1) is 9.47. The van der Waals surface area contributed by atoms with E-state index in [1.165, 1.54) is 0 Å². The molecule has 0 radical (unpaired) electrons. The van der Waals surface area contributed by atoms with E-state index < -0.39 is 16.6 Å². The molecular formula is C13H10N2O5. The minimum atomic E-state index is -1.34. The van der Waals surface area contributed by atoms with Crippen LogP contribution < -0.4 is 4.74 Å². The van der Waals surface area contributed by atoms with E-state index in [0.29, 0.717) is 5.75 Å². The molecule has 7 heteroatoms. The zero-order valence-electron chi connectivity index (χ0n) is 10.4. The average Bonchev–Trinajstić information content (AvgIpc) is 2.38. The summed E-state index contributed by atoms with van der Waals surface area (Å²) in [6, 6.07) is 7.86. The van der Waals surface area contributed by atoms with Crippen LogP contribution in [0.25, 0.3) is 0 Å². The Morgan fingerprint density at radius 1 is 1.40 bits per heavy atom. The highest BCUT2D eigenvalue weighted by Crippen LogP contribution is 2.26. The number of nitrogens with zero attached hydrogens (tertiary/aromatic N) is 2. The predicted molar refractivity (Wildman–Crippen MR) is 69.1 cm³/mol. The summed E-state index contributed by atoms with van der Waals surface area (Å²) in [6.07, 6.45) is 0.956. The summed E-state index contributed by atoms with van der Waals surface area (Å²) in [5.74, 6) is -1.12. The predicted octanol–water partition coefficient (Wildman–Crippen LogP) is 2.79. The number of aryl methyl sites for hydroxylation is 1. The summed E-state index contributed by atoms with van der Waals surface area (Å²) in [4.78, 5) is 24.7. The minimum absolute atomic E-state index is 0.186. The van der Waals surface area contributed by atoms with Gasteiger partial charge in [0.1, 0.15) is 17.5 Å². The topological polar surface area (TPSA) is 103 Å². The summed E-state index contributed by atoms with van der Waals surface area (Å²) < 4.78 is 5.37. The van der Waals surface area contributed by atoms with Crippen LogP contribution in [0.4, 0.5) is 5.69 Å². The Labute approximate surface area is 113 Å². The van der Waals surface area contributed by atoms with Gasteiger partial charge in [-0.05, 0) is 24.6 Å². The molecule has 2 rings (SSSR count). The second-order valence-corrected chi connectivity index (χ2v) is 4.03. The van der Waals surface area contributed by atoms with Crippen molar-refractivity contribution in [3.05, 3.63) is 57.8 Å². The molecule has 0 aliphatic rings. The quantitative estimate of drug-likeness (QED) is 0.679. The first kappa shape index (κ1) is 13.5. The molecule has 0 saturated carbocycles. The Bertz CT molecular complexity index is 684. The van der Waals surface area contributed by atoms with Gasteiger partial charge >= 0.3 is 5.97 Å². The fourth-order valence-electron chi connectivity index (χ4n) is 1.57. The van der Waals surface area contributed by atoms with Crippen molar-refractivity contribution in [1.29, 1.82) is 0 Å². The summed E-state index contributed by atoms with van der Waals surface area (Å²) in [7, 11) is 0. The lowest BCUT2D eigenvalue weighted by Gasteiger charge is -2.07. The van der Waals surface area contributed by atoms with Gasteiger partial charge in [0.05, 0.1) is 4.92 Å². The average molecular weight is 274 g/mol. The number of aromatic nitrogens is 1. The summed E-state index contributed by atoms with van der Waals surface area (Å²) in [6.45, 7) is 1.86. The fourth-order valence-corrected chi connectivity index (χ4v) is 1.57. The van der Waals surface area contributed by atoms with Crippen LogP contribution in [-0.2, 0) is 0 Å². The van der Waals surface area contributed by atoms with Crippen molar-refractivity contribution in [2.75, 3.05) is 0 Å². The first-order valence-electron chi connectivity index (χ1n) is 5.59. The van der Waals surface area contributed by atoms with E-state index in [-0.39, 0.29) is 11.4 Å². The second kappa shape index (κ2) is 5.35. The number of benzene rings is 1. The molecule has 0 fully saturated rings. The Balaban J connectivity index is 2.41. The van der Waals surface area contributed by atoms with E-state index in [2.05, 4.69) is 4.98 Å². The van der Waals surface area contributed by atoms with Crippen molar-refractivity contribution in [3.8, 4) is 11.6 Å². The molecule has 102 valence electrons. The van der Waals surface area contributed by atoms with Gasteiger partial charge in [0.2, 0.25) is 5.88 Å². The van der Waals surface area contributed by atoms with Crippen molar-refractivity contribution in [3.63, 3.8) is 0 Å². The van der Waals surface area contributed by atoms with E-state index in [1.807, 2.05) is 13.0 Å². The molecule has 0 bridgehead atoms. The molecule has 1 heterocycles. The zero-order valence-corrected chi connectivity index (χ0v) is 10.4. The van der Waals surface area contributed by atoms with E-state index in [1.54, 1.807) is 18.2 Å². The number of carboxylic acid groups (broad SMARTS) is 1. The molecule has 1 N–H and O–H groups in total. The molecule has 0 unspecified atom stereocenters. The van der Waals surface area contributed by atoms with Crippen LogP contribution in [0.3, 0.4) is 0 Å². The van der Waals surface area contributed by atoms with Crippen LogP contribution in [0.1, 0.15) is 15.9 Å². The molecule has 1 aromatic carbocycles. The van der Waals surface area contributed by atoms with Crippen molar-refractivity contribution in [1.82, 2.24) is 4.98 Å². The van der Waals surface area contributed by atoms with Crippen LogP contribution in [0.2, 0.25) is 0 Å². The maximum Gasteiger partial charge on any atom is 0.341 e. The molecule has 0 aliphatic carbocycles. The van der Waals surface area contributed by atoms with E-state index in [4.69, 9.17) is 9.84 Å². The minimum Gasteiger partial charge on any atom is -0.477 e. The molecule has 7 nitrogen and oxygen atoms in total. The Morgan fingerprint density at radius 2 is 2.15 bits per heavy atom. The van der Waals surface area contributed by atoms with E-state index in [0.717, 1.165) is 17.8 Å². The third-order valence-electron chi connectivity index (χ3n) is 2.48. The number of carboxylic acids is 1. The maximum absolute atomic E-state index is 11.1. The zero-order chi connectivity index (χ0) is 14.7. The van der Waals surface area contributed by atoms with Crippen LogP contribution in [0.15, 0.2) is 36.5 Å². The van der Waals surface area contributed by atoms with Crippen molar-refractivity contribution < 1.29 is 19.6 Å². The molecule has 20 heavy (non-hydrogen) atoms. The van der Waals surface area contributed by atoms with E-state index >= 15 is 0 Å². The highest BCUT2D eigenvalue weighted by molar-refractivity contribution is 5.91. The highest BCUT2D eigenvalue weighted by atomic mass is 16.6. The van der Waals surface area contributed by atoms with Gasteiger partial charge in [0, 0.05) is 6.07 Å². The molecule has 0 amide bonds. The van der Waals surface area contributed by atoms with Gasteiger partial charge in [-0.25, -0.2) is 9.78 Å². The molecule has 0 spiro atoms. The summed E-state index contributed by atoms with van der Waals surface area (Å²) in [5.41, 5.74) is 0.168. The third kappa shape index (κ3) is 2.89. The summed E-state index contributed by atoms with van der Waals surface area (Å²) in [5, 5.41) is 19.7. The second-order valence-electron chi connectivity index (χ2n) is 4.03. The molecule has 0 atom stereocenters. The number of ether oxygens (including phenoxy) is 1. The number of carbonyl (C=O) groups is 1. The Kier molecular flexibility index (Phi) is 3.60. The maximum atomic E-state index is 11.1. The number of hydrogen-bond acceptors (Lipinski definition) is 5. The molecule has 0 aliphatic heterocycles. The number of hydrogen-bond donors (Lipinski definition) is 1. The van der Waals surface area contributed by atoms with E-state index in [9.17, 15) is 14.9 Å². The fraction of sp³-hybridized carbons (Fsp3) is 0.0769. The SMILES string of the molecule is Cc1cccc(Oc2ncc([N+](=O)[O-])cc2C(=O)O)c1. The number of aromatic carboxylic acids is 1. The first-order valence-corrected chi connectivity index (χ1v) is 5.59.